The van der Waals surface area contributed by atoms with E-state index in [0.717, 1.165) is 5.56 Å². The molecule has 112 valence electrons. The van der Waals surface area contributed by atoms with Gasteiger partial charge in [-0.3, -0.25) is 4.79 Å². The molecule has 0 aliphatic heterocycles. The molecule has 0 heterocycles. The van der Waals surface area contributed by atoms with Crippen molar-refractivity contribution >= 4 is 17.7 Å². The van der Waals surface area contributed by atoms with Gasteiger partial charge in [-0.05, 0) is 31.0 Å². The Bertz CT molecular complexity index is 551. The summed E-state index contributed by atoms with van der Waals surface area (Å²) >= 11 is 0. The second kappa shape index (κ2) is 7.90. The molecule has 2 N–H and O–H groups in total. The first-order valence-electron chi connectivity index (χ1n) is 6.65. The molecular formula is C15H19N3O3. The molecule has 2 amide bonds. The van der Waals surface area contributed by atoms with Crippen LogP contribution in [-0.4, -0.2) is 35.1 Å². The van der Waals surface area contributed by atoms with Crippen molar-refractivity contribution in [2.45, 2.75) is 32.2 Å². The van der Waals surface area contributed by atoms with Crippen LogP contribution >= 0.6 is 0 Å². The fourth-order valence-electron chi connectivity index (χ4n) is 1.74. The summed E-state index contributed by atoms with van der Waals surface area (Å²) in [5.74, 6) is -0.852. The normalized spacial score (nSPS) is 11.3. The lowest BCUT2D eigenvalue weighted by Crippen LogP contribution is -2.38. The van der Waals surface area contributed by atoms with Crippen molar-refractivity contribution in [2.75, 3.05) is 12.4 Å². The predicted molar refractivity (Wildman–Crippen MR) is 78.9 cm³/mol. The number of carboxylic acids is 1. The third-order valence-electron chi connectivity index (χ3n) is 3.17. The van der Waals surface area contributed by atoms with Crippen LogP contribution in [-0.2, 0) is 11.2 Å². The lowest BCUT2D eigenvalue weighted by molar-refractivity contribution is -0.136. The molecule has 0 fully saturated rings. The van der Waals surface area contributed by atoms with Crippen molar-refractivity contribution in [1.82, 2.24) is 4.90 Å². The minimum absolute atomic E-state index is 0.0521. The number of carbonyl (C=O) groups is 2. The minimum atomic E-state index is -0.852. The van der Waals surface area contributed by atoms with Gasteiger partial charge in [-0.15, -0.1) is 0 Å². The average molecular weight is 289 g/mol. The highest BCUT2D eigenvalue weighted by atomic mass is 16.4. The van der Waals surface area contributed by atoms with E-state index in [1.165, 1.54) is 4.90 Å². The first kappa shape index (κ1) is 16.5. The van der Waals surface area contributed by atoms with E-state index in [1.54, 1.807) is 32.2 Å². The number of rotatable bonds is 6. The molecule has 6 heteroatoms. The fraction of sp³-hybridized carbons (Fsp3) is 0.400. The molecule has 1 atom stereocenters. The molecule has 0 aromatic heterocycles. The van der Waals surface area contributed by atoms with Crippen LogP contribution in [0.25, 0.3) is 0 Å². The van der Waals surface area contributed by atoms with Gasteiger partial charge in [0, 0.05) is 25.2 Å². The molecule has 0 radical (unpaired) electrons. The van der Waals surface area contributed by atoms with Crippen molar-refractivity contribution in [3.63, 3.8) is 0 Å². The summed E-state index contributed by atoms with van der Waals surface area (Å²) in [4.78, 5) is 24.0. The number of nitrogens with zero attached hydrogens (tertiary/aromatic N) is 2. The Labute approximate surface area is 124 Å². The molecule has 0 bridgehead atoms. The Kier molecular flexibility index (Phi) is 6.21. The highest BCUT2D eigenvalue weighted by Gasteiger charge is 2.15. The summed E-state index contributed by atoms with van der Waals surface area (Å²) in [6.07, 6.45) is 0.735. The molecule has 21 heavy (non-hydrogen) atoms. The number of benzene rings is 1. The van der Waals surface area contributed by atoms with Gasteiger partial charge in [-0.2, -0.15) is 5.26 Å². The monoisotopic (exact) mass is 289 g/mol. The Balaban J connectivity index is 2.66. The predicted octanol–water partition coefficient (Wildman–Crippen LogP) is 2.47. The van der Waals surface area contributed by atoms with E-state index in [1.807, 2.05) is 12.1 Å². The molecule has 6 nitrogen and oxygen atoms in total. The topological polar surface area (TPSA) is 93.4 Å². The summed E-state index contributed by atoms with van der Waals surface area (Å²) in [5.41, 5.74) is 1.46. The van der Waals surface area contributed by atoms with Gasteiger partial charge in [0.15, 0.2) is 0 Å². The molecule has 0 spiro atoms. The molecule has 1 unspecified atom stereocenters. The Morgan fingerprint density at radius 2 is 2.19 bits per heavy atom. The van der Waals surface area contributed by atoms with Gasteiger partial charge >= 0.3 is 12.0 Å². The van der Waals surface area contributed by atoms with E-state index in [0.29, 0.717) is 12.1 Å². The van der Waals surface area contributed by atoms with Gasteiger partial charge in [0.05, 0.1) is 12.5 Å². The van der Waals surface area contributed by atoms with Crippen LogP contribution < -0.4 is 5.32 Å². The second-order valence-electron chi connectivity index (χ2n) is 4.85. The molecule has 1 rings (SSSR count). The second-order valence-corrected chi connectivity index (χ2v) is 4.85. The summed E-state index contributed by atoms with van der Waals surface area (Å²) in [6, 6.07) is 8.64. The zero-order valence-corrected chi connectivity index (χ0v) is 12.2. The van der Waals surface area contributed by atoms with Gasteiger partial charge in [0.25, 0.3) is 0 Å². The number of nitrogens with one attached hydrogen (secondary N) is 1. The zero-order chi connectivity index (χ0) is 15.8. The molecule has 0 aliphatic carbocycles. The van der Waals surface area contributed by atoms with Crippen LogP contribution in [0.1, 0.15) is 25.3 Å². The van der Waals surface area contributed by atoms with Crippen LogP contribution in [0.4, 0.5) is 10.5 Å². The standard InChI is InChI=1S/C15H19N3O3/c1-11(8-9-16)18(2)15(21)17-13-5-3-4-12(10-13)6-7-14(19)20/h3-5,10-11H,6-8H2,1-2H3,(H,17,21)(H,19,20). The Hall–Kier alpha value is -2.55. The van der Waals surface area contributed by atoms with Gasteiger partial charge < -0.3 is 15.3 Å². The van der Waals surface area contributed by atoms with Gasteiger partial charge in [-0.25, -0.2) is 4.79 Å². The first-order valence-corrected chi connectivity index (χ1v) is 6.65. The molecule has 1 aromatic carbocycles. The quantitative estimate of drug-likeness (QED) is 0.841. The highest BCUT2D eigenvalue weighted by Crippen LogP contribution is 2.13. The average Bonchev–Trinajstić information content (AvgIpc) is 2.45. The SMILES string of the molecule is CC(CC#N)N(C)C(=O)Nc1cccc(CCC(=O)O)c1. The summed E-state index contributed by atoms with van der Waals surface area (Å²) in [5, 5.41) is 20.1. The first-order chi connectivity index (χ1) is 9.93. The van der Waals surface area contributed by atoms with Crippen molar-refractivity contribution in [2.24, 2.45) is 0 Å². The van der Waals surface area contributed by atoms with Crippen LogP contribution in [0.15, 0.2) is 24.3 Å². The fourth-order valence-corrected chi connectivity index (χ4v) is 1.74. The molecule has 1 aromatic rings. The van der Waals surface area contributed by atoms with Gasteiger partial charge in [0.1, 0.15) is 0 Å². The van der Waals surface area contributed by atoms with E-state index in [2.05, 4.69) is 5.32 Å². The number of carbonyl (C=O) groups excluding carboxylic acids is 1. The number of urea groups is 1. The number of nitriles is 1. The van der Waals surface area contributed by atoms with Gasteiger partial charge in [-0.1, -0.05) is 12.1 Å². The van der Waals surface area contributed by atoms with E-state index in [9.17, 15) is 9.59 Å². The maximum Gasteiger partial charge on any atom is 0.321 e. The maximum absolute atomic E-state index is 12.0. The summed E-state index contributed by atoms with van der Waals surface area (Å²) in [6.45, 7) is 1.80. The largest absolute Gasteiger partial charge is 0.481 e. The van der Waals surface area contributed by atoms with E-state index >= 15 is 0 Å². The zero-order valence-electron chi connectivity index (χ0n) is 12.2. The van der Waals surface area contributed by atoms with Crippen molar-refractivity contribution in [3.8, 4) is 6.07 Å². The smallest absolute Gasteiger partial charge is 0.321 e. The van der Waals surface area contributed by atoms with E-state index < -0.39 is 5.97 Å². The number of aliphatic carboxylic acids is 1. The minimum Gasteiger partial charge on any atom is -0.481 e. The van der Waals surface area contributed by atoms with Crippen molar-refractivity contribution in [1.29, 1.82) is 5.26 Å². The Morgan fingerprint density at radius 3 is 2.81 bits per heavy atom. The van der Waals surface area contributed by atoms with Crippen LogP contribution in [0, 0.1) is 11.3 Å². The van der Waals surface area contributed by atoms with Crippen LogP contribution in [0.2, 0.25) is 0 Å². The lowest BCUT2D eigenvalue weighted by Gasteiger charge is -2.23. The molecular weight excluding hydrogens is 270 g/mol. The summed E-state index contributed by atoms with van der Waals surface area (Å²) < 4.78 is 0. The number of aryl methyl sites for hydroxylation is 1. The van der Waals surface area contributed by atoms with E-state index in [-0.39, 0.29) is 24.9 Å². The third-order valence-corrected chi connectivity index (χ3v) is 3.17. The Morgan fingerprint density at radius 1 is 1.48 bits per heavy atom. The third kappa shape index (κ3) is 5.53. The molecule has 0 saturated carbocycles. The number of amides is 2. The van der Waals surface area contributed by atoms with Crippen molar-refractivity contribution in [3.05, 3.63) is 29.8 Å². The van der Waals surface area contributed by atoms with Crippen LogP contribution in [0.3, 0.4) is 0 Å². The lowest BCUT2D eigenvalue weighted by atomic mass is 10.1. The highest BCUT2D eigenvalue weighted by molar-refractivity contribution is 5.89. The maximum atomic E-state index is 12.0. The number of carboxylic acid groups (broad SMARTS) is 1. The molecule has 0 saturated heterocycles. The number of hydrogen-bond acceptors (Lipinski definition) is 3. The van der Waals surface area contributed by atoms with E-state index in [4.69, 9.17) is 10.4 Å². The number of hydrogen-bond donors (Lipinski definition) is 2. The molecule has 0 aliphatic rings. The number of anilines is 1. The summed E-state index contributed by atoms with van der Waals surface area (Å²) in [7, 11) is 1.63. The van der Waals surface area contributed by atoms with Crippen molar-refractivity contribution < 1.29 is 14.7 Å². The van der Waals surface area contributed by atoms with Gasteiger partial charge in [0.2, 0.25) is 0 Å². The van der Waals surface area contributed by atoms with Crippen LogP contribution in [0.5, 0.6) is 0 Å².